The number of likely N-dealkylation sites (tertiary alicyclic amines) is 1. The van der Waals surface area contributed by atoms with E-state index in [2.05, 4.69) is 4.90 Å². The number of halogens is 1. The first-order valence-electron chi connectivity index (χ1n) is 7.14. The van der Waals surface area contributed by atoms with E-state index in [4.69, 9.17) is 22.3 Å². The van der Waals surface area contributed by atoms with E-state index in [0.717, 1.165) is 36.5 Å². The second-order valence-corrected chi connectivity index (χ2v) is 7.05. The summed E-state index contributed by atoms with van der Waals surface area (Å²) in [5.74, 6) is 0.223. The molecule has 1 aliphatic rings. The highest BCUT2D eigenvalue weighted by atomic mass is 35.5. The summed E-state index contributed by atoms with van der Waals surface area (Å²) < 4.78 is 1.18. The van der Waals surface area contributed by atoms with E-state index in [9.17, 15) is 4.79 Å². The molecule has 0 bridgehead atoms. The largest absolute Gasteiger partial charge is 0.368 e. The highest BCUT2D eigenvalue weighted by Crippen LogP contribution is 2.34. The lowest BCUT2D eigenvalue weighted by Gasteiger charge is -2.33. The normalized spacial score (nSPS) is 19.0. The molecule has 2 aromatic rings. The molecular weight excluding hydrogens is 306 g/mol. The first-order chi connectivity index (χ1) is 10.0. The van der Waals surface area contributed by atoms with Crippen molar-refractivity contribution in [3.63, 3.8) is 0 Å². The lowest BCUT2D eigenvalue weighted by Crippen LogP contribution is -2.46. The molecule has 1 aromatic carbocycles. The fourth-order valence-electron chi connectivity index (χ4n) is 2.81. The maximum absolute atomic E-state index is 11.3. The minimum absolute atomic E-state index is 0.180. The number of thiazole rings is 1. The molecule has 0 aliphatic carbocycles. The molecule has 3 rings (SSSR count). The van der Waals surface area contributed by atoms with Gasteiger partial charge in [0.2, 0.25) is 5.91 Å². The van der Waals surface area contributed by atoms with E-state index in [1.54, 1.807) is 11.3 Å². The molecule has 1 saturated heterocycles. The number of amides is 1. The summed E-state index contributed by atoms with van der Waals surface area (Å²) in [6.07, 6.45) is 2.04. The molecule has 0 radical (unpaired) electrons. The van der Waals surface area contributed by atoms with Crippen molar-refractivity contribution in [1.29, 1.82) is 0 Å². The molecule has 1 amide bonds. The summed E-state index contributed by atoms with van der Waals surface area (Å²) in [5.41, 5.74) is 6.36. The van der Waals surface area contributed by atoms with E-state index in [1.807, 2.05) is 25.1 Å². The molecule has 0 spiro atoms. The van der Waals surface area contributed by atoms with Crippen LogP contribution in [0.15, 0.2) is 18.2 Å². The molecule has 1 aromatic heterocycles. The van der Waals surface area contributed by atoms with Crippen LogP contribution in [-0.2, 0) is 4.79 Å². The third-order valence-corrected chi connectivity index (χ3v) is 5.64. The van der Waals surface area contributed by atoms with Gasteiger partial charge in [0, 0.05) is 10.9 Å². The second kappa shape index (κ2) is 5.91. The van der Waals surface area contributed by atoms with Gasteiger partial charge in [0.15, 0.2) is 0 Å². The van der Waals surface area contributed by atoms with Crippen LogP contribution in [0.1, 0.15) is 30.7 Å². The lowest BCUT2D eigenvalue weighted by molar-refractivity contribution is -0.123. The van der Waals surface area contributed by atoms with Gasteiger partial charge >= 0.3 is 0 Å². The van der Waals surface area contributed by atoms with Crippen molar-refractivity contribution in [2.45, 2.75) is 31.7 Å². The summed E-state index contributed by atoms with van der Waals surface area (Å²) in [4.78, 5) is 18.1. The fourth-order valence-corrected chi connectivity index (χ4v) is 4.09. The standard InChI is InChI=1S/C15H18ClN3OS/c1-9(14(17)20)19-6-4-10(5-7-19)15-18-12-8-11(16)2-3-13(12)21-15/h2-3,8-10H,4-7H2,1H3,(H2,17,20). The van der Waals surface area contributed by atoms with Crippen LogP contribution in [0.2, 0.25) is 5.02 Å². The third kappa shape index (κ3) is 3.05. The summed E-state index contributed by atoms with van der Waals surface area (Å²) in [5, 5.41) is 1.91. The first kappa shape index (κ1) is 14.8. The smallest absolute Gasteiger partial charge is 0.234 e. The number of benzene rings is 1. The topological polar surface area (TPSA) is 59.2 Å². The molecule has 1 atom stereocenters. The number of carbonyl (C=O) groups excluding carboxylic acids is 1. The molecule has 1 unspecified atom stereocenters. The van der Waals surface area contributed by atoms with Crippen molar-refractivity contribution in [2.24, 2.45) is 5.73 Å². The van der Waals surface area contributed by atoms with Crippen molar-refractivity contribution in [3.8, 4) is 0 Å². The van der Waals surface area contributed by atoms with Gasteiger partial charge in [0.25, 0.3) is 0 Å². The number of rotatable bonds is 3. The molecule has 0 saturated carbocycles. The average molecular weight is 324 g/mol. The summed E-state index contributed by atoms with van der Waals surface area (Å²) >= 11 is 7.76. The van der Waals surface area contributed by atoms with Gasteiger partial charge in [-0.3, -0.25) is 9.69 Å². The molecule has 2 N–H and O–H groups in total. The van der Waals surface area contributed by atoms with Gasteiger partial charge in [-0.1, -0.05) is 11.6 Å². The Labute approximate surface area is 132 Å². The Hall–Kier alpha value is -1.17. The third-order valence-electron chi connectivity index (χ3n) is 4.20. The number of carbonyl (C=O) groups is 1. The quantitative estimate of drug-likeness (QED) is 0.944. The Balaban J connectivity index is 1.72. The van der Waals surface area contributed by atoms with Gasteiger partial charge in [0.05, 0.1) is 21.3 Å². The number of hydrogen-bond acceptors (Lipinski definition) is 4. The highest BCUT2D eigenvalue weighted by Gasteiger charge is 2.27. The van der Waals surface area contributed by atoms with Crippen LogP contribution >= 0.6 is 22.9 Å². The second-order valence-electron chi connectivity index (χ2n) is 5.55. The van der Waals surface area contributed by atoms with E-state index in [0.29, 0.717) is 5.92 Å². The molecule has 21 heavy (non-hydrogen) atoms. The van der Waals surface area contributed by atoms with Crippen molar-refractivity contribution >= 4 is 39.1 Å². The number of piperidine rings is 1. The van der Waals surface area contributed by atoms with Crippen LogP contribution < -0.4 is 5.73 Å². The fraction of sp³-hybridized carbons (Fsp3) is 0.467. The van der Waals surface area contributed by atoms with Crippen molar-refractivity contribution in [3.05, 3.63) is 28.2 Å². The summed E-state index contributed by atoms with van der Waals surface area (Å²) in [6.45, 7) is 3.67. The van der Waals surface area contributed by atoms with Crippen LogP contribution in [0, 0.1) is 0 Å². The van der Waals surface area contributed by atoms with E-state index in [-0.39, 0.29) is 11.9 Å². The van der Waals surface area contributed by atoms with Crippen molar-refractivity contribution in [2.75, 3.05) is 13.1 Å². The Bertz CT molecular complexity index is 664. The van der Waals surface area contributed by atoms with Gasteiger partial charge in [-0.2, -0.15) is 0 Å². The summed E-state index contributed by atoms with van der Waals surface area (Å²) in [6, 6.07) is 5.67. The zero-order valence-corrected chi connectivity index (χ0v) is 13.5. The zero-order chi connectivity index (χ0) is 15.0. The molecule has 1 aliphatic heterocycles. The van der Waals surface area contributed by atoms with Gasteiger partial charge in [0.1, 0.15) is 0 Å². The van der Waals surface area contributed by atoms with E-state index in [1.165, 1.54) is 9.71 Å². The molecule has 1 fully saturated rings. The highest BCUT2D eigenvalue weighted by molar-refractivity contribution is 7.18. The van der Waals surface area contributed by atoms with Gasteiger partial charge in [-0.25, -0.2) is 4.98 Å². The zero-order valence-electron chi connectivity index (χ0n) is 11.9. The minimum atomic E-state index is -0.247. The molecule has 4 nitrogen and oxygen atoms in total. The van der Waals surface area contributed by atoms with Crippen LogP contribution in [-0.4, -0.2) is 34.9 Å². The molecular formula is C15H18ClN3OS. The predicted octanol–water partition coefficient (Wildman–Crippen LogP) is 3.00. The monoisotopic (exact) mass is 323 g/mol. The number of fused-ring (bicyclic) bond motifs is 1. The molecule has 2 heterocycles. The summed E-state index contributed by atoms with van der Waals surface area (Å²) in [7, 11) is 0. The Morgan fingerprint density at radius 2 is 2.19 bits per heavy atom. The van der Waals surface area contributed by atoms with Crippen LogP contribution in [0.5, 0.6) is 0 Å². The number of nitrogens with two attached hydrogens (primary N) is 1. The molecule has 6 heteroatoms. The number of nitrogens with zero attached hydrogens (tertiary/aromatic N) is 2. The van der Waals surface area contributed by atoms with E-state index >= 15 is 0 Å². The van der Waals surface area contributed by atoms with Crippen molar-refractivity contribution < 1.29 is 4.79 Å². The number of hydrogen-bond donors (Lipinski definition) is 1. The van der Waals surface area contributed by atoms with Crippen LogP contribution in [0.25, 0.3) is 10.2 Å². The van der Waals surface area contributed by atoms with E-state index < -0.39 is 0 Å². The number of primary amides is 1. The minimum Gasteiger partial charge on any atom is -0.368 e. The predicted molar refractivity (Wildman–Crippen MR) is 86.8 cm³/mol. The first-order valence-corrected chi connectivity index (χ1v) is 8.33. The Morgan fingerprint density at radius 1 is 1.48 bits per heavy atom. The Kier molecular flexibility index (Phi) is 4.15. The average Bonchev–Trinajstić information content (AvgIpc) is 2.89. The van der Waals surface area contributed by atoms with Crippen LogP contribution in [0.4, 0.5) is 0 Å². The van der Waals surface area contributed by atoms with Gasteiger partial charge < -0.3 is 5.73 Å². The Morgan fingerprint density at radius 3 is 2.86 bits per heavy atom. The molecule has 112 valence electrons. The maximum Gasteiger partial charge on any atom is 0.234 e. The maximum atomic E-state index is 11.3. The van der Waals surface area contributed by atoms with Crippen LogP contribution in [0.3, 0.4) is 0 Å². The number of aromatic nitrogens is 1. The van der Waals surface area contributed by atoms with Crippen molar-refractivity contribution in [1.82, 2.24) is 9.88 Å². The lowest BCUT2D eigenvalue weighted by atomic mass is 9.96. The SMILES string of the molecule is CC(C(N)=O)N1CCC(c2nc3cc(Cl)ccc3s2)CC1. The van der Waals surface area contributed by atoms with Gasteiger partial charge in [-0.05, 0) is 51.1 Å². The van der Waals surface area contributed by atoms with Gasteiger partial charge in [-0.15, -0.1) is 11.3 Å².